The number of fused-ring (bicyclic) bond motifs is 1. The van der Waals surface area contributed by atoms with Gasteiger partial charge < -0.3 is 9.64 Å². The Morgan fingerprint density at radius 2 is 1.80 bits per heavy atom. The van der Waals surface area contributed by atoms with E-state index in [1.54, 1.807) is 0 Å². The van der Waals surface area contributed by atoms with Crippen LogP contribution >= 0.6 is 0 Å². The molecule has 20 heavy (non-hydrogen) atoms. The van der Waals surface area contributed by atoms with Gasteiger partial charge in [-0.05, 0) is 34.9 Å². The van der Waals surface area contributed by atoms with Crippen molar-refractivity contribution in [1.82, 2.24) is 4.90 Å². The molecule has 1 fully saturated rings. The minimum absolute atomic E-state index is 0.106. The molecule has 3 heteroatoms. The molecule has 104 valence electrons. The molecule has 1 heterocycles. The van der Waals surface area contributed by atoms with Gasteiger partial charge in [-0.3, -0.25) is 4.79 Å². The molecule has 0 saturated carbocycles. The standard InChI is InChI=1S/C17H19NO2/c1-2-13-3-4-15-12-16(6-5-14(15)11-13)17(19)18-7-9-20-10-8-18/h3-6,11-12H,2,7-10H2,1H3. The normalized spacial score (nSPS) is 15.6. The van der Waals surface area contributed by atoms with Crippen LogP contribution in [0.25, 0.3) is 10.8 Å². The Morgan fingerprint density at radius 1 is 1.10 bits per heavy atom. The topological polar surface area (TPSA) is 29.5 Å². The number of hydrogen-bond donors (Lipinski definition) is 0. The fraction of sp³-hybridized carbons (Fsp3) is 0.353. The summed E-state index contributed by atoms with van der Waals surface area (Å²) in [4.78, 5) is 14.3. The quantitative estimate of drug-likeness (QED) is 0.839. The zero-order chi connectivity index (χ0) is 13.9. The highest BCUT2D eigenvalue weighted by molar-refractivity contribution is 5.98. The first-order chi connectivity index (χ1) is 9.78. The number of ether oxygens (including phenoxy) is 1. The zero-order valence-corrected chi connectivity index (χ0v) is 11.8. The van der Waals surface area contributed by atoms with E-state index in [2.05, 4.69) is 25.1 Å². The van der Waals surface area contributed by atoms with Gasteiger partial charge in [0.15, 0.2) is 0 Å². The second-order valence-corrected chi connectivity index (χ2v) is 5.15. The minimum Gasteiger partial charge on any atom is -0.378 e. The monoisotopic (exact) mass is 269 g/mol. The van der Waals surface area contributed by atoms with Gasteiger partial charge in [0.05, 0.1) is 13.2 Å². The van der Waals surface area contributed by atoms with E-state index >= 15 is 0 Å². The fourth-order valence-electron chi connectivity index (χ4n) is 2.60. The van der Waals surface area contributed by atoms with E-state index in [0.717, 1.165) is 17.4 Å². The lowest BCUT2D eigenvalue weighted by molar-refractivity contribution is 0.0303. The number of carbonyl (C=O) groups is 1. The Hall–Kier alpha value is -1.87. The van der Waals surface area contributed by atoms with Crippen LogP contribution in [0.2, 0.25) is 0 Å². The van der Waals surface area contributed by atoms with Crippen LogP contribution in [0.5, 0.6) is 0 Å². The first-order valence-corrected chi connectivity index (χ1v) is 7.17. The summed E-state index contributed by atoms with van der Waals surface area (Å²) < 4.78 is 5.29. The summed E-state index contributed by atoms with van der Waals surface area (Å²) >= 11 is 0. The number of amides is 1. The Morgan fingerprint density at radius 3 is 2.55 bits per heavy atom. The van der Waals surface area contributed by atoms with Gasteiger partial charge in [-0.2, -0.15) is 0 Å². The average molecular weight is 269 g/mol. The van der Waals surface area contributed by atoms with Crippen LogP contribution in [0.3, 0.4) is 0 Å². The van der Waals surface area contributed by atoms with Crippen molar-refractivity contribution in [2.24, 2.45) is 0 Å². The summed E-state index contributed by atoms with van der Waals surface area (Å²) in [5.41, 5.74) is 2.09. The molecule has 3 rings (SSSR count). The molecule has 0 aromatic heterocycles. The van der Waals surface area contributed by atoms with Crippen molar-refractivity contribution in [2.45, 2.75) is 13.3 Å². The van der Waals surface area contributed by atoms with Gasteiger partial charge in [0.1, 0.15) is 0 Å². The Bertz CT molecular complexity index is 630. The second kappa shape index (κ2) is 5.63. The zero-order valence-electron chi connectivity index (χ0n) is 11.8. The molecule has 1 amide bonds. The van der Waals surface area contributed by atoms with E-state index < -0.39 is 0 Å². The molecular formula is C17H19NO2. The molecule has 1 aliphatic heterocycles. The largest absolute Gasteiger partial charge is 0.378 e. The first-order valence-electron chi connectivity index (χ1n) is 7.17. The number of aryl methyl sites for hydroxylation is 1. The van der Waals surface area contributed by atoms with Crippen molar-refractivity contribution < 1.29 is 9.53 Å². The highest BCUT2D eigenvalue weighted by Gasteiger charge is 2.18. The van der Waals surface area contributed by atoms with Gasteiger partial charge in [0, 0.05) is 18.7 Å². The maximum Gasteiger partial charge on any atom is 0.254 e. The van der Waals surface area contributed by atoms with Gasteiger partial charge in [0.25, 0.3) is 5.91 Å². The van der Waals surface area contributed by atoms with Crippen molar-refractivity contribution in [1.29, 1.82) is 0 Å². The van der Waals surface area contributed by atoms with E-state index in [1.807, 2.05) is 23.1 Å². The van der Waals surface area contributed by atoms with E-state index in [1.165, 1.54) is 10.9 Å². The van der Waals surface area contributed by atoms with Crippen LogP contribution in [-0.2, 0) is 11.2 Å². The molecule has 0 atom stereocenters. The Balaban J connectivity index is 1.90. The molecule has 0 spiro atoms. The first kappa shape index (κ1) is 13.1. The molecule has 1 saturated heterocycles. The molecule has 2 aromatic carbocycles. The van der Waals surface area contributed by atoms with Gasteiger partial charge in [-0.15, -0.1) is 0 Å². The molecule has 1 aliphatic rings. The van der Waals surface area contributed by atoms with Crippen LogP contribution in [0.15, 0.2) is 36.4 Å². The second-order valence-electron chi connectivity index (χ2n) is 5.15. The van der Waals surface area contributed by atoms with Crippen LogP contribution in [0.4, 0.5) is 0 Å². The lowest BCUT2D eigenvalue weighted by atomic mass is 10.0. The maximum atomic E-state index is 12.4. The average Bonchev–Trinajstić information content (AvgIpc) is 2.54. The SMILES string of the molecule is CCc1ccc2cc(C(=O)N3CCOCC3)ccc2c1. The van der Waals surface area contributed by atoms with Crippen LogP contribution in [0.1, 0.15) is 22.8 Å². The predicted octanol–water partition coefficient (Wildman–Crippen LogP) is 2.87. The molecule has 0 aliphatic carbocycles. The van der Waals surface area contributed by atoms with E-state index in [4.69, 9.17) is 4.74 Å². The molecule has 0 unspecified atom stereocenters. The van der Waals surface area contributed by atoms with Crippen molar-refractivity contribution in [3.8, 4) is 0 Å². The summed E-state index contributed by atoms with van der Waals surface area (Å²) in [5, 5.41) is 2.32. The van der Waals surface area contributed by atoms with Gasteiger partial charge in [-0.1, -0.05) is 31.2 Å². The fourth-order valence-corrected chi connectivity index (χ4v) is 2.60. The van der Waals surface area contributed by atoms with Crippen molar-refractivity contribution in [3.63, 3.8) is 0 Å². The number of nitrogens with zero attached hydrogens (tertiary/aromatic N) is 1. The van der Waals surface area contributed by atoms with Crippen molar-refractivity contribution in [3.05, 3.63) is 47.5 Å². The summed E-state index contributed by atoms with van der Waals surface area (Å²) in [7, 11) is 0. The van der Waals surface area contributed by atoms with Gasteiger partial charge in [-0.25, -0.2) is 0 Å². The molecule has 0 radical (unpaired) electrons. The lowest BCUT2D eigenvalue weighted by Crippen LogP contribution is -2.40. The Kier molecular flexibility index (Phi) is 3.70. The van der Waals surface area contributed by atoms with E-state index in [-0.39, 0.29) is 5.91 Å². The summed E-state index contributed by atoms with van der Waals surface area (Å²) in [6.45, 7) is 4.80. The Labute approximate surface area is 119 Å². The summed E-state index contributed by atoms with van der Waals surface area (Å²) in [6, 6.07) is 12.4. The van der Waals surface area contributed by atoms with Crippen LogP contribution in [0, 0.1) is 0 Å². The molecule has 2 aromatic rings. The third-order valence-corrected chi connectivity index (χ3v) is 3.86. The van der Waals surface area contributed by atoms with E-state index in [0.29, 0.717) is 26.3 Å². The molecule has 0 bridgehead atoms. The number of rotatable bonds is 2. The predicted molar refractivity (Wildman–Crippen MR) is 80.0 cm³/mol. The van der Waals surface area contributed by atoms with E-state index in [9.17, 15) is 4.79 Å². The number of benzene rings is 2. The number of carbonyl (C=O) groups excluding carboxylic acids is 1. The smallest absolute Gasteiger partial charge is 0.254 e. The number of hydrogen-bond acceptors (Lipinski definition) is 2. The molecule has 3 nitrogen and oxygen atoms in total. The van der Waals surface area contributed by atoms with Crippen LogP contribution in [-0.4, -0.2) is 37.1 Å². The number of morpholine rings is 1. The molecule has 0 N–H and O–H groups in total. The third-order valence-electron chi connectivity index (χ3n) is 3.86. The molecular weight excluding hydrogens is 250 g/mol. The van der Waals surface area contributed by atoms with Gasteiger partial charge in [0.2, 0.25) is 0 Å². The summed E-state index contributed by atoms with van der Waals surface area (Å²) in [5.74, 6) is 0.106. The van der Waals surface area contributed by atoms with Gasteiger partial charge >= 0.3 is 0 Å². The van der Waals surface area contributed by atoms with Crippen molar-refractivity contribution in [2.75, 3.05) is 26.3 Å². The minimum atomic E-state index is 0.106. The highest BCUT2D eigenvalue weighted by atomic mass is 16.5. The van der Waals surface area contributed by atoms with Crippen molar-refractivity contribution >= 4 is 16.7 Å². The highest BCUT2D eigenvalue weighted by Crippen LogP contribution is 2.19. The maximum absolute atomic E-state index is 12.4. The summed E-state index contributed by atoms with van der Waals surface area (Å²) in [6.07, 6.45) is 1.03. The van der Waals surface area contributed by atoms with Crippen LogP contribution < -0.4 is 0 Å². The lowest BCUT2D eigenvalue weighted by Gasteiger charge is -2.27. The third kappa shape index (κ3) is 2.54.